The van der Waals surface area contributed by atoms with Crippen molar-refractivity contribution in [3.63, 3.8) is 0 Å². The van der Waals surface area contributed by atoms with E-state index in [0.29, 0.717) is 41.8 Å². The van der Waals surface area contributed by atoms with Gasteiger partial charge in [-0.05, 0) is 131 Å². The SMILES string of the molecule is N=C(c1ccc(Oc2ccccc2)cc1)c1c(N)ncnc1NC1CCN(CCN2CCC(CN3CCC(c4ccc(N5CCC(=O)NC5=O)cc4)CC3)CC2)CC1. The van der Waals surface area contributed by atoms with Crippen molar-refractivity contribution in [2.75, 3.05) is 81.4 Å². The number of amides is 3. The summed E-state index contributed by atoms with van der Waals surface area (Å²) in [7, 11) is 0. The topological polar surface area (TPSA) is 156 Å². The summed E-state index contributed by atoms with van der Waals surface area (Å²) in [6, 6.07) is 25.4. The molecule has 0 aliphatic carbocycles. The number of anilines is 3. The highest BCUT2D eigenvalue weighted by atomic mass is 16.5. The zero-order valence-electron chi connectivity index (χ0n) is 33.3. The number of benzene rings is 3. The van der Waals surface area contributed by atoms with Gasteiger partial charge in [0, 0.05) is 63.0 Å². The fourth-order valence-electron chi connectivity index (χ4n) is 8.93. The van der Waals surface area contributed by atoms with Crippen LogP contribution in [0.15, 0.2) is 85.2 Å². The van der Waals surface area contributed by atoms with E-state index in [4.69, 9.17) is 15.9 Å². The van der Waals surface area contributed by atoms with Crippen LogP contribution in [0.1, 0.15) is 67.6 Å². The Balaban J connectivity index is 0.728. The number of hydrogen-bond acceptors (Lipinski definition) is 11. The summed E-state index contributed by atoms with van der Waals surface area (Å²) in [5, 5.41) is 15.1. The highest BCUT2D eigenvalue weighted by molar-refractivity contribution is 6.16. The van der Waals surface area contributed by atoms with E-state index in [1.807, 2.05) is 66.7 Å². The normalized spacial score (nSPS) is 19.6. The number of carbonyl (C=O) groups is 2. The molecule has 304 valence electrons. The van der Waals surface area contributed by atoms with E-state index in [0.717, 1.165) is 75.0 Å². The molecular weight excluding hydrogens is 729 g/mol. The number of likely N-dealkylation sites (tertiary alicyclic amines) is 3. The number of hydrogen-bond donors (Lipinski definition) is 4. The zero-order valence-corrected chi connectivity index (χ0v) is 33.3. The Labute approximate surface area is 341 Å². The molecule has 4 aliphatic heterocycles. The van der Waals surface area contributed by atoms with Gasteiger partial charge in [0.05, 0.1) is 11.3 Å². The fourth-order valence-corrected chi connectivity index (χ4v) is 8.93. The number of urea groups is 1. The van der Waals surface area contributed by atoms with Crippen LogP contribution in [0.2, 0.25) is 0 Å². The molecule has 0 unspecified atom stereocenters. The maximum atomic E-state index is 12.2. The molecule has 4 saturated heterocycles. The minimum atomic E-state index is -0.330. The second-order valence-corrected chi connectivity index (χ2v) is 16.3. The van der Waals surface area contributed by atoms with Gasteiger partial charge in [0.1, 0.15) is 29.5 Å². The molecule has 3 aromatic carbocycles. The van der Waals surface area contributed by atoms with Crippen LogP contribution in [0.4, 0.5) is 22.1 Å². The molecule has 3 amide bonds. The third kappa shape index (κ3) is 9.83. The first kappa shape index (κ1) is 39.5. The number of aromatic nitrogens is 2. The third-order valence-electron chi connectivity index (χ3n) is 12.5. The maximum absolute atomic E-state index is 12.2. The first-order valence-electron chi connectivity index (χ1n) is 21.0. The highest BCUT2D eigenvalue weighted by Crippen LogP contribution is 2.32. The number of para-hydroxylation sites is 1. The standard InChI is InChI=1S/C45H56N10O3/c46-42(35-8-12-39(13-9-35)58-38-4-2-1-3-5-38)41-43(47)48-31-49-44(41)50-36-18-25-53(26-19-36)29-28-52-21-14-32(15-22-52)30-54-23-16-34(17-24-54)33-6-10-37(11-7-33)55-27-20-40(56)51-45(55)57/h1-13,31-32,34,36,46H,14-30H2,(H,51,56,57)(H3,47,48,49,50). The van der Waals surface area contributed by atoms with Crippen LogP contribution in [0.3, 0.4) is 0 Å². The van der Waals surface area contributed by atoms with Crippen LogP contribution in [0.25, 0.3) is 0 Å². The van der Waals surface area contributed by atoms with Crippen molar-refractivity contribution in [3.8, 4) is 11.5 Å². The Morgan fingerprint density at radius 1 is 0.759 bits per heavy atom. The fraction of sp³-hybridized carbons (Fsp3) is 0.444. The van der Waals surface area contributed by atoms with Gasteiger partial charge in [-0.15, -0.1) is 0 Å². The molecule has 1 aromatic heterocycles. The number of nitrogen functional groups attached to an aromatic ring is 1. The number of nitrogens with one attached hydrogen (secondary N) is 3. The van der Waals surface area contributed by atoms with Crippen molar-refractivity contribution in [3.05, 3.63) is 102 Å². The van der Waals surface area contributed by atoms with E-state index in [1.54, 1.807) is 4.90 Å². The molecule has 8 rings (SSSR count). The summed E-state index contributed by atoms with van der Waals surface area (Å²) in [6.07, 6.45) is 8.71. The predicted octanol–water partition coefficient (Wildman–Crippen LogP) is 6.18. The van der Waals surface area contributed by atoms with Gasteiger partial charge in [0.15, 0.2) is 0 Å². The van der Waals surface area contributed by atoms with E-state index in [-0.39, 0.29) is 23.7 Å². The van der Waals surface area contributed by atoms with Crippen LogP contribution < -0.4 is 26.0 Å². The van der Waals surface area contributed by atoms with Gasteiger partial charge < -0.3 is 30.5 Å². The lowest BCUT2D eigenvalue weighted by molar-refractivity contribution is -0.120. The molecule has 5 N–H and O–H groups in total. The molecular formula is C45H56N10O3. The lowest BCUT2D eigenvalue weighted by atomic mass is 9.88. The Morgan fingerprint density at radius 2 is 1.40 bits per heavy atom. The van der Waals surface area contributed by atoms with Crippen molar-refractivity contribution in [1.29, 1.82) is 5.41 Å². The van der Waals surface area contributed by atoms with Gasteiger partial charge in [-0.2, -0.15) is 0 Å². The third-order valence-corrected chi connectivity index (χ3v) is 12.5. The number of imide groups is 1. The molecule has 0 atom stereocenters. The second-order valence-electron chi connectivity index (χ2n) is 16.3. The van der Waals surface area contributed by atoms with E-state index in [1.165, 1.54) is 57.2 Å². The molecule has 13 nitrogen and oxygen atoms in total. The molecule has 5 heterocycles. The van der Waals surface area contributed by atoms with Crippen LogP contribution in [-0.4, -0.2) is 114 Å². The minimum Gasteiger partial charge on any atom is -0.457 e. The van der Waals surface area contributed by atoms with E-state index >= 15 is 0 Å². The Morgan fingerprint density at radius 3 is 2.07 bits per heavy atom. The quantitative estimate of drug-likeness (QED) is 0.116. The van der Waals surface area contributed by atoms with Gasteiger partial charge in [-0.1, -0.05) is 30.3 Å². The lowest BCUT2D eigenvalue weighted by Crippen LogP contribution is -2.49. The van der Waals surface area contributed by atoms with Crippen LogP contribution in [0, 0.1) is 11.3 Å². The molecule has 0 spiro atoms. The van der Waals surface area contributed by atoms with Gasteiger partial charge in [0.2, 0.25) is 5.91 Å². The molecule has 0 radical (unpaired) electrons. The summed E-state index contributed by atoms with van der Waals surface area (Å²) in [5.74, 6) is 3.50. The summed E-state index contributed by atoms with van der Waals surface area (Å²) in [5.41, 5.74) is 10.1. The Bertz CT molecular complexity index is 2000. The van der Waals surface area contributed by atoms with E-state index < -0.39 is 0 Å². The smallest absolute Gasteiger partial charge is 0.328 e. The van der Waals surface area contributed by atoms with Gasteiger partial charge in [-0.25, -0.2) is 14.8 Å². The Kier molecular flexibility index (Phi) is 12.6. The maximum Gasteiger partial charge on any atom is 0.328 e. The van der Waals surface area contributed by atoms with Crippen molar-refractivity contribution in [2.45, 2.75) is 56.9 Å². The molecule has 4 fully saturated rings. The van der Waals surface area contributed by atoms with Crippen LogP contribution in [-0.2, 0) is 4.79 Å². The average Bonchev–Trinajstić information content (AvgIpc) is 3.25. The van der Waals surface area contributed by atoms with Gasteiger partial charge in [0.25, 0.3) is 0 Å². The molecule has 4 aromatic rings. The zero-order chi connectivity index (χ0) is 39.8. The minimum absolute atomic E-state index is 0.204. The number of rotatable bonds is 13. The number of nitrogens with zero attached hydrogens (tertiary/aromatic N) is 6. The summed E-state index contributed by atoms with van der Waals surface area (Å²) in [6.45, 7) is 10.6. The predicted molar refractivity (Wildman–Crippen MR) is 228 cm³/mol. The summed E-state index contributed by atoms with van der Waals surface area (Å²) in [4.78, 5) is 42.1. The van der Waals surface area contributed by atoms with Crippen LogP contribution >= 0.6 is 0 Å². The number of nitrogens with two attached hydrogens (primary N) is 1. The summed E-state index contributed by atoms with van der Waals surface area (Å²) >= 11 is 0. The Hall–Kier alpha value is -5.37. The summed E-state index contributed by atoms with van der Waals surface area (Å²) < 4.78 is 5.93. The number of carbonyl (C=O) groups excluding carboxylic acids is 2. The first-order valence-corrected chi connectivity index (χ1v) is 21.0. The highest BCUT2D eigenvalue weighted by Gasteiger charge is 2.28. The molecule has 4 aliphatic rings. The number of piperidine rings is 3. The molecule has 13 heteroatoms. The van der Waals surface area contributed by atoms with E-state index in [9.17, 15) is 9.59 Å². The van der Waals surface area contributed by atoms with Crippen molar-refractivity contribution >= 4 is 35.0 Å². The molecule has 0 saturated carbocycles. The van der Waals surface area contributed by atoms with Gasteiger partial charge in [-0.3, -0.25) is 20.4 Å². The van der Waals surface area contributed by atoms with Crippen molar-refractivity contribution < 1.29 is 14.3 Å². The first-order chi connectivity index (χ1) is 28.3. The number of ether oxygens (including phenoxy) is 1. The van der Waals surface area contributed by atoms with Crippen molar-refractivity contribution in [2.24, 2.45) is 5.92 Å². The van der Waals surface area contributed by atoms with Crippen LogP contribution in [0.5, 0.6) is 11.5 Å². The second kappa shape index (κ2) is 18.5. The van der Waals surface area contributed by atoms with Crippen molar-refractivity contribution in [1.82, 2.24) is 30.0 Å². The lowest BCUT2D eigenvalue weighted by Gasteiger charge is -2.39. The largest absolute Gasteiger partial charge is 0.457 e. The average molecular weight is 785 g/mol. The van der Waals surface area contributed by atoms with E-state index in [2.05, 4.69) is 47.4 Å². The molecule has 58 heavy (non-hydrogen) atoms. The monoisotopic (exact) mass is 784 g/mol. The van der Waals surface area contributed by atoms with Gasteiger partial charge >= 0.3 is 6.03 Å². The molecule has 0 bridgehead atoms.